The molecule has 0 bridgehead atoms. The Labute approximate surface area is 159 Å². The summed E-state index contributed by atoms with van der Waals surface area (Å²) in [7, 11) is 0. The molecule has 0 unspecified atom stereocenters. The highest BCUT2D eigenvalue weighted by Crippen LogP contribution is 2.24. The highest BCUT2D eigenvalue weighted by Gasteiger charge is 2.19. The van der Waals surface area contributed by atoms with Crippen molar-refractivity contribution in [3.63, 3.8) is 0 Å². The number of amides is 1. The zero-order valence-corrected chi connectivity index (χ0v) is 16.3. The van der Waals surface area contributed by atoms with Gasteiger partial charge in [-0.3, -0.25) is 4.79 Å². The largest absolute Gasteiger partial charge is 0.444 e. The van der Waals surface area contributed by atoms with Crippen LogP contribution in [-0.2, 0) is 17.7 Å². The average Bonchev–Trinajstić information content (AvgIpc) is 2.58. The van der Waals surface area contributed by atoms with E-state index in [1.54, 1.807) is 45.0 Å². The molecule has 0 fully saturated rings. The molecule has 4 nitrogen and oxygen atoms in total. The van der Waals surface area contributed by atoms with Gasteiger partial charge in [0.1, 0.15) is 5.60 Å². The third kappa shape index (κ3) is 5.33. The van der Waals surface area contributed by atoms with Gasteiger partial charge in [-0.15, -0.1) is 0 Å². The number of nitrogens with one attached hydrogen (secondary N) is 1. The molecule has 138 valence electrons. The van der Waals surface area contributed by atoms with Crippen molar-refractivity contribution < 1.29 is 14.3 Å². The lowest BCUT2D eigenvalue weighted by Gasteiger charge is -2.20. The van der Waals surface area contributed by atoms with Crippen LogP contribution in [0.2, 0.25) is 5.02 Å². The summed E-state index contributed by atoms with van der Waals surface area (Å²) in [6.07, 6.45) is 0.145. The molecule has 0 spiro atoms. The van der Waals surface area contributed by atoms with Gasteiger partial charge in [-0.1, -0.05) is 48.9 Å². The second-order valence-electron chi connectivity index (χ2n) is 7.00. The van der Waals surface area contributed by atoms with Crippen molar-refractivity contribution in [1.29, 1.82) is 0 Å². The van der Waals surface area contributed by atoms with Crippen LogP contribution in [0.5, 0.6) is 0 Å². The molecule has 0 heterocycles. The Morgan fingerprint density at radius 2 is 1.77 bits per heavy atom. The molecule has 0 saturated heterocycles. The van der Waals surface area contributed by atoms with E-state index in [4.69, 9.17) is 16.3 Å². The summed E-state index contributed by atoms with van der Waals surface area (Å²) < 4.78 is 5.26. The van der Waals surface area contributed by atoms with E-state index in [1.165, 1.54) is 0 Å². The molecule has 0 aliphatic heterocycles. The summed E-state index contributed by atoms with van der Waals surface area (Å²) in [4.78, 5) is 24.8. The molecule has 1 N–H and O–H groups in total. The molecule has 0 atom stereocenters. The fourth-order valence-corrected chi connectivity index (χ4v) is 2.94. The molecule has 0 saturated carbocycles. The summed E-state index contributed by atoms with van der Waals surface area (Å²) >= 11 is 6.24. The second-order valence-corrected chi connectivity index (χ2v) is 7.43. The van der Waals surface area contributed by atoms with E-state index in [9.17, 15) is 9.59 Å². The van der Waals surface area contributed by atoms with Gasteiger partial charge in [-0.05, 0) is 50.5 Å². The molecule has 2 rings (SSSR count). The van der Waals surface area contributed by atoms with Gasteiger partial charge in [-0.25, -0.2) is 4.79 Å². The standard InChI is InChI=1S/C21H24ClNO3/c1-5-17-15(13-23-20(25)26-21(2,3)4)11-16(22)12-18(17)19(24)14-9-7-6-8-10-14/h6-12H,5,13H2,1-4H3,(H,23,25). The maximum absolute atomic E-state index is 12.9. The van der Waals surface area contributed by atoms with Gasteiger partial charge >= 0.3 is 6.09 Å². The monoisotopic (exact) mass is 373 g/mol. The number of hydrogen-bond acceptors (Lipinski definition) is 3. The van der Waals surface area contributed by atoms with Crippen LogP contribution >= 0.6 is 11.6 Å². The summed E-state index contributed by atoms with van der Waals surface area (Å²) in [5.74, 6) is -0.0801. The van der Waals surface area contributed by atoms with Gasteiger partial charge in [0, 0.05) is 22.7 Å². The fourth-order valence-electron chi connectivity index (χ4n) is 2.70. The van der Waals surface area contributed by atoms with Crippen LogP contribution < -0.4 is 5.32 Å². The van der Waals surface area contributed by atoms with Crippen molar-refractivity contribution in [3.05, 3.63) is 69.7 Å². The van der Waals surface area contributed by atoms with Crippen molar-refractivity contribution in [2.75, 3.05) is 0 Å². The van der Waals surface area contributed by atoms with E-state index in [2.05, 4.69) is 5.32 Å². The van der Waals surface area contributed by atoms with Crippen molar-refractivity contribution >= 4 is 23.5 Å². The predicted molar refractivity (Wildman–Crippen MR) is 104 cm³/mol. The molecule has 0 aliphatic rings. The smallest absolute Gasteiger partial charge is 0.407 e. The van der Waals surface area contributed by atoms with Crippen LogP contribution in [-0.4, -0.2) is 17.5 Å². The molecule has 5 heteroatoms. The zero-order valence-electron chi connectivity index (χ0n) is 15.6. The first-order valence-corrected chi connectivity index (χ1v) is 8.97. The molecular formula is C21H24ClNO3. The highest BCUT2D eigenvalue weighted by atomic mass is 35.5. The molecule has 1 amide bonds. The van der Waals surface area contributed by atoms with Crippen LogP contribution in [0.15, 0.2) is 42.5 Å². The SMILES string of the molecule is CCc1c(CNC(=O)OC(C)(C)C)cc(Cl)cc1C(=O)c1ccccc1. The van der Waals surface area contributed by atoms with Crippen LogP contribution in [0, 0.1) is 0 Å². The summed E-state index contributed by atoms with van der Waals surface area (Å²) in [5, 5.41) is 3.19. The highest BCUT2D eigenvalue weighted by molar-refractivity contribution is 6.31. The van der Waals surface area contributed by atoms with Crippen LogP contribution in [0.1, 0.15) is 54.7 Å². The third-order valence-corrected chi connectivity index (χ3v) is 3.98. The second kappa shape index (κ2) is 8.37. The number of hydrogen-bond donors (Lipinski definition) is 1. The number of ether oxygens (including phenoxy) is 1. The van der Waals surface area contributed by atoms with Gasteiger partial charge in [0.2, 0.25) is 0 Å². The van der Waals surface area contributed by atoms with Crippen molar-refractivity contribution in [1.82, 2.24) is 5.32 Å². The maximum atomic E-state index is 12.9. The Morgan fingerprint density at radius 3 is 2.35 bits per heavy atom. The van der Waals surface area contributed by atoms with Gasteiger partial charge in [-0.2, -0.15) is 0 Å². The topological polar surface area (TPSA) is 55.4 Å². The average molecular weight is 374 g/mol. The van der Waals surface area contributed by atoms with Crippen molar-refractivity contribution in [3.8, 4) is 0 Å². The van der Waals surface area contributed by atoms with E-state index in [0.717, 1.165) is 11.1 Å². The molecule has 0 aromatic heterocycles. The van der Waals surface area contributed by atoms with Crippen molar-refractivity contribution in [2.24, 2.45) is 0 Å². The van der Waals surface area contributed by atoms with Crippen molar-refractivity contribution in [2.45, 2.75) is 46.3 Å². The van der Waals surface area contributed by atoms with E-state index in [1.807, 2.05) is 25.1 Å². The lowest BCUT2D eigenvalue weighted by Crippen LogP contribution is -2.32. The minimum atomic E-state index is -0.569. The van der Waals surface area contributed by atoms with E-state index in [0.29, 0.717) is 22.6 Å². The van der Waals surface area contributed by atoms with Gasteiger partial charge in [0.05, 0.1) is 0 Å². The summed E-state index contributed by atoms with van der Waals surface area (Å²) in [6, 6.07) is 12.5. The maximum Gasteiger partial charge on any atom is 0.407 e. The normalized spacial score (nSPS) is 11.1. The minimum absolute atomic E-state index is 0.0801. The number of benzene rings is 2. The first-order chi connectivity index (χ1) is 12.2. The Balaban J connectivity index is 2.29. The molecule has 26 heavy (non-hydrogen) atoms. The molecule has 2 aromatic rings. The number of alkyl carbamates (subject to hydrolysis) is 1. The van der Waals surface area contributed by atoms with Crippen LogP contribution in [0.25, 0.3) is 0 Å². The zero-order chi connectivity index (χ0) is 19.3. The quantitative estimate of drug-likeness (QED) is 0.736. The molecule has 0 radical (unpaired) electrons. The molecule has 2 aromatic carbocycles. The fraction of sp³-hybridized carbons (Fsp3) is 0.333. The Morgan fingerprint density at radius 1 is 1.12 bits per heavy atom. The van der Waals surface area contributed by atoms with Crippen LogP contribution in [0.4, 0.5) is 4.79 Å². The van der Waals surface area contributed by atoms with E-state index >= 15 is 0 Å². The number of carbonyl (C=O) groups is 2. The summed E-state index contributed by atoms with van der Waals surface area (Å²) in [5.41, 5.74) is 2.28. The Kier molecular flexibility index (Phi) is 6.43. The predicted octanol–water partition coefficient (Wildman–Crippen LogP) is 5.16. The van der Waals surface area contributed by atoms with E-state index in [-0.39, 0.29) is 12.3 Å². The number of carbonyl (C=O) groups excluding carboxylic acids is 2. The summed E-state index contributed by atoms with van der Waals surface area (Å²) in [6.45, 7) is 7.63. The number of halogens is 1. The van der Waals surface area contributed by atoms with Crippen LogP contribution in [0.3, 0.4) is 0 Å². The Bertz CT molecular complexity index is 795. The third-order valence-electron chi connectivity index (χ3n) is 3.76. The van der Waals surface area contributed by atoms with Gasteiger partial charge in [0.25, 0.3) is 0 Å². The molecular weight excluding hydrogens is 350 g/mol. The molecule has 0 aliphatic carbocycles. The van der Waals surface area contributed by atoms with Gasteiger partial charge < -0.3 is 10.1 Å². The van der Waals surface area contributed by atoms with E-state index < -0.39 is 11.7 Å². The minimum Gasteiger partial charge on any atom is -0.444 e. The first-order valence-electron chi connectivity index (χ1n) is 8.59. The first kappa shape index (κ1) is 20.0. The number of rotatable bonds is 5. The van der Waals surface area contributed by atoms with Gasteiger partial charge in [0.15, 0.2) is 5.78 Å². The lowest BCUT2D eigenvalue weighted by atomic mass is 9.93. The Hall–Kier alpha value is -2.33. The number of ketones is 1. The lowest BCUT2D eigenvalue weighted by molar-refractivity contribution is 0.0523.